The van der Waals surface area contributed by atoms with E-state index in [0.717, 1.165) is 47.6 Å². The van der Waals surface area contributed by atoms with E-state index in [1.54, 1.807) is 0 Å². The lowest BCUT2D eigenvalue weighted by molar-refractivity contribution is -0.117. The molecule has 1 aliphatic heterocycles. The highest BCUT2D eigenvalue weighted by Gasteiger charge is 2.29. The molecule has 1 saturated carbocycles. The summed E-state index contributed by atoms with van der Waals surface area (Å²) in [6.07, 6.45) is 3.37. The van der Waals surface area contributed by atoms with Crippen LogP contribution >= 0.6 is 11.8 Å². The third kappa shape index (κ3) is 7.07. The average molecular weight is 585 g/mol. The molecule has 2 aliphatic rings. The highest BCUT2D eigenvalue weighted by molar-refractivity contribution is 7.99. The van der Waals surface area contributed by atoms with Gasteiger partial charge >= 0.3 is 0 Å². The molecule has 2 amide bonds. The zero-order valence-corrected chi connectivity index (χ0v) is 24.0. The van der Waals surface area contributed by atoms with Crippen LogP contribution in [0.1, 0.15) is 41.9 Å². The second kappa shape index (κ2) is 12.6. The molecule has 216 valence electrons. The highest BCUT2D eigenvalue weighted by Crippen LogP contribution is 2.35. The molecule has 0 spiro atoms. The number of H-pyrrole nitrogens is 1. The summed E-state index contributed by atoms with van der Waals surface area (Å²) in [6.45, 7) is 3.12. The molecule has 3 heterocycles. The summed E-state index contributed by atoms with van der Waals surface area (Å²) in [5.41, 5.74) is 3.06. The summed E-state index contributed by atoms with van der Waals surface area (Å²) in [6, 6.07) is 18.9. The summed E-state index contributed by atoms with van der Waals surface area (Å²) in [4.78, 5) is 36.3. The minimum absolute atomic E-state index is 0.00862. The second-order valence-electron chi connectivity index (χ2n) is 10.4. The van der Waals surface area contributed by atoms with Crippen molar-refractivity contribution in [3.05, 3.63) is 72.1 Å². The molecule has 11 nitrogen and oxygen atoms in total. The van der Waals surface area contributed by atoms with Crippen LogP contribution in [0.4, 0.5) is 28.7 Å². The van der Waals surface area contributed by atoms with Crippen LogP contribution in [0.2, 0.25) is 0 Å². The molecule has 1 saturated heterocycles. The van der Waals surface area contributed by atoms with Crippen molar-refractivity contribution >= 4 is 52.3 Å². The van der Waals surface area contributed by atoms with Crippen LogP contribution in [-0.4, -0.2) is 51.2 Å². The topological polar surface area (TPSA) is 146 Å². The molecule has 0 radical (unpaired) electrons. The van der Waals surface area contributed by atoms with Crippen molar-refractivity contribution in [3.63, 3.8) is 0 Å². The number of benzene rings is 2. The number of nitrogens with one attached hydrogen (secondary N) is 5. The van der Waals surface area contributed by atoms with E-state index in [4.69, 9.17) is 14.7 Å². The van der Waals surface area contributed by atoms with E-state index in [1.807, 2.05) is 67.6 Å². The van der Waals surface area contributed by atoms with Gasteiger partial charge in [0.15, 0.2) is 22.5 Å². The first-order chi connectivity index (χ1) is 20.5. The fraction of sp³-hybridized carbons (Fsp3) is 0.300. The Bertz CT molecular complexity index is 1550. The Balaban J connectivity index is 1.34. The van der Waals surface area contributed by atoms with E-state index in [-0.39, 0.29) is 29.5 Å². The molecular formula is C30H32N8O3S. The first-order valence-corrected chi connectivity index (χ1v) is 14.8. The number of para-hydroxylation sites is 1. The Hall–Kier alpha value is -4.42. The van der Waals surface area contributed by atoms with E-state index < -0.39 is 0 Å². The molecule has 0 unspecified atom stereocenters. The monoisotopic (exact) mass is 584 g/mol. The van der Waals surface area contributed by atoms with Crippen LogP contribution in [0.5, 0.6) is 0 Å². The average Bonchev–Trinajstić information content (AvgIpc) is 3.78. The van der Waals surface area contributed by atoms with E-state index >= 15 is 0 Å². The SMILES string of the molecule is Cc1cc(Nc2nc(Sc3ccc(NC(=O)C4CC4)cc3)nc(C(=O)NC3CCOCC3)c2Nc2ccccc2)n[nH]1. The first-order valence-electron chi connectivity index (χ1n) is 14.0. The van der Waals surface area contributed by atoms with Gasteiger partial charge in [0.25, 0.3) is 5.91 Å². The van der Waals surface area contributed by atoms with Gasteiger partial charge in [0.2, 0.25) is 5.91 Å². The zero-order valence-electron chi connectivity index (χ0n) is 23.1. The summed E-state index contributed by atoms with van der Waals surface area (Å²) >= 11 is 1.33. The van der Waals surface area contributed by atoms with Gasteiger partial charge in [0.1, 0.15) is 5.69 Å². The van der Waals surface area contributed by atoms with E-state index in [1.165, 1.54) is 11.8 Å². The van der Waals surface area contributed by atoms with Gasteiger partial charge in [0, 0.05) is 53.2 Å². The number of aryl methyl sites for hydroxylation is 1. The number of anilines is 5. The van der Waals surface area contributed by atoms with E-state index in [2.05, 4.69) is 31.5 Å². The van der Waals surface area contributed by atoms with Crippen molar-refractivity contribution in [2.24, 2.45) is 5.92 Å². The van der Waals surface area contributed by atoms with Crippen LogP contribution in [-0.2, 0) is 9.53 Å². The molecule has 2 aromatic carbocycles. The fourth-order valence-corrected chi connectivity index (χ4v) is 5.28. The van der Waals surface area contributed by atoms with Crippen molar-refractivity contribution in [2.45, 2.75) is 48.7 Å². The van der Waals surface area contributed by atoms with Gasteiger partial charge in [-0.1, -0.05) is 18.2 Å². The molecule has 6 rings (SSSR count). The van der Waals surface area contributed by atoms with E-state index in [0.29, 0.717) is 35.7 Å². The third-order valence-corrected chi connectivity index (χ3v) is 7.81. The second-order valence-corrected chi connectivity index (χ2v) is 11.4. The maximum Gasteiger partial charge on any atom is 0.272 e. The standard InChI is InChI=1S/C30H32N8O3S/c1-18-17-24(38-37-18)34-27-25(31-20-5-3-2-4-6-20)26(29(40)33-22-13-15-41-16-14-22)35-30(36-27)42-23-11-9-21(10-12-23)32-28(39)19-7-8-19/h2-6,9-12,17,19,22,31H,7-8,13-16H2,1H3,(H,32,39)(H,33,40)(H2,34,35,36,37,38). The van der Waals surface area contributed by atoms with Crippen molar-refractivity contribution in [1.82, 2.24) is 25.5 Å². The largest absolute Gasteiger partial charge is 0.381 e. The molecule has 5 N–H and O–H groups in total. The van der Waals surface area contributed by atoms with Gasteiger partial charge in [-0.05, 0) is 80.8 Å². The minimum Gasteiger partial charge on any atom is -0.381 e. The lowest BCUT2D eigenvalue weighted by atomic mass is 10.1. The number of carbonyl (C=O) groups is 2. The van der Waals surface area contributed by atoms with Gasteiger partial charge in [-0.3, -0.25) is 14.7 Å². The Kier molecular flexibility index (Phi) is 8.33. The first kappa shape index (κ1) is 27.7. The molecule has 2 fully saturated rings. The summed E-state index contributed by atoms with van der Waals surface area (Å²) < 4.78 is 5.47. The Morgan fingerprint density at radius 2 is 1.69 bits per heavy atom. The number of aromatic nitrogens is 4. The van der Waals surface area contributed by atoms with Crippen LogP contribution in [0.3, 0.4) is 0 Å². The van der Waals surface area contributed by atoms with Crippen LogP contribution in [0, 0.1) is 12.8 Å². The zero-order chi connectivity index (χ0) is 28.9. The Labute approximate surface area is 247 Å². The van der Waals surface area contributed by atoms with Crippen molar-refractivity contribution in [3.8, 4) is 0 Å². The number of rotatable bonds is 10. The van der Waals surface area contributed by atoms with Crippen molar-refractivity contribution in [2.75, 3.05) is 29.2 Å². The molecule has 0 atom stereocenters. The minimum atomic E-state index is -0.302. The van der Waals surface area contributed by atoms with Crippen molar-refractivity contribution < 1.29 is 14.3 Å². The number of hydrogen-bond donors (Lipinski definition) is 5. The predicted octanol–water partition coefficient (Wildman–Crippen LogP) is 5.40. The smallest absolute Gasteiger partial charge is 0.272 e. The van der Waals surface area contributed by atoms with Crippen LogP contribution < -0.4 is 21.3 Å². The Morgan fingerprint density at radius 1 is 0.929 bits per heavy atom. The summed E-state index contributed by atoms with van der Waals surface area (Å²) in [5.74, 6) is 0.859. The number of aromatic amines is 1. The van der Waals surface area contributed by atoms with Gasteiger partial charge in [-0.25, -0.2) is 9.97 Å². The number of nitrogens with zero attached hydrogens (tertiary/aromatic N) is 3. The number of ether oxygens (including phenoxy) is 1. The lowest BCUT2D eigenvalue weighted by Crippen LogP contribution is -2.39. The normalized spacial score (nSPS) is 15.2. The highest BCUT2D eigenvalue weighted by atomic mass is 32.2. The predicted molar refractivity (Wildman–Crippen MR) is 162 cm³/mol. The lowest BCUT2D eigenvalue weighted by Gasteiger charge is -2.24. The molecule has 4 aromatic rings. The van der Waals surface area contributed by atoms with E-state index in [9.17, 15) is 9.59 Å². The number of carbonyl (C=O) groups excluding carboxylic acids is 2. The Morgan fingerprint density at radius 3 is 2.38 bits per heavy atom. The molecule has 0 bridgehead atoms. The number of amides is 2. The fourth-order valence-electron chi connectivity index (χ4n) is 4.53. The van der Waals surface area contributed by atoms with Crippen LogP contribution in [0.15, 0.2) is 70.7 Å². The van der Waals surface area contributed by atoms with Crippen LogP contribution in [0.25, 0.3) is 0 Å². The summed E-state index contributed by atoms with van der Waals surface area (Å²) in [7, 11) is 0. The maximum absolute atomic E-state index is 13.8. The molecule has 12 heteroatoms. The van der Waals surface area contributed by atoms with Crippen molar-refractivity contribution in [1.29, 1.82) is 0 Å². The van der Waals surface area contributed by atoms with Gasteiger partial charge in [0.05, 0.1) is 0 Å². The molecule has 42 heavy (non-hydrogen) atoms. The van der Waals surface area contributed by atoms with Gasteiger partial charge in [-0.15, -0.1) is 0 Å². The molecular weight excluding hydrogens is 552 g/mol. The molecule has 1 aliphatic carbocycles. The third-order valence-electron chi connectivity index (χ3n) is 6.93. The van der Waals surface area contributed by atoms with Gasteiger partial charge in [-0.2, -0.15) is 5.10 Å². The number of hydrogen-bond acceptors (Lipinski definition) is 9. The summed E-state index contributed by atoms with van der Waals surface area (Å²) in [5, 5.41) is 20.3. The van der Waals surface area contributed by atoms with Gasteiger partial charge < -0.3 is 26.0 Å². The molecule has 2 aromatic heterocycles. The maximum atomic E-state index is 13.8. The quantitative estimate of drug-likeness (QED) is 0.155.